The largest absolute Gasteiger partial charge is 0.456 e. The van der Waals surface area contributed by atoms with Crippen LogP contribution in [0.4, 0.5) is 0 Å². The van der Waals surface area contributed by atoms with Crippen LogP contribution in [0.15, 0.2) is 162 Å². The number of fused-ring (bicyclic) bond motifs is 2. The van der Waals surface area contributed by atoms with Crippen molar-refractivity contribution in [3.63, 3.8) is 0 Å². The summed E-state index contributed by atoms with van der Waals surface area (Å²) in [6.07, 6.45) is 0. The highest BCUT2D eigenvalue weighted by Gasteiger charge is 2.28. The number of rotatable bonds is 4. The molecule has 1 aliphatic rings. The van der Waals surface area contributed by atoms with Gasteiger partial charge >= 0.3 is 0 Å². The van der Waals surface area contributed by atoms with E-state index in [9.17, 15) is 0 Å². The zero-order valence-electron chi connectivity index (χ0n) is 27.7. The van der Waals surface area contributed by atoms with Crippen LogP contribution in [-0.4, -0.2) is 19.5 Å². The topological polar surface area (TPSA) is 56.7 Å². The van der Waals surface area contributed by atoms with Crippen LogP contribution < -0.4 is 0 Å². The Morgan fingerprint density at radius 3 is 1.92 bits per heavy atom. The molecule has 5 heteroatoms. The predicted molar refractivity (Wildman–Crippen MR) is 212 cm³/mol. The van der Waals surface area contributed by atoms with Gasteiger partial charge in [-0.15, -0.1) is 0 Å². The van der Waals surface area contributed by atoms with Crippen molar-refractivity contribution in [3.05, 3.63) is 158 Å². The van der Waals surface area contributed by atoms with Crippen molar-refractivity contribution < 1.29 is 4.42 Å². The van der Waals surface area contributed by atoms with Crippen LogP contribution in [0.25, 0.3) is 116 Å². The number of nitrogens with zero attached hydrogens (tertiary/aromatic N) is 4. The highest BCUT2D eigenvalue weighted by molar-refractivity contribution is 6.38. The van der Waals surface area contributed by atoms with Gasteiger partial charge in [-0.25, -0.2) is 4.98 Å². The van der Waals surface area contributed by atoms with E-state index in [4.69, 9.17) is 19.4 Å². The Morgan fingerprint density at radius 1 is 0.365 bits per heavy atom. The average molecular weight is 663 g/mol. The van der Waals surface area contributed by atoms with Crippen LogP contribution >= 0.6 is 0 Å². The second kappa shape index (κ2) is 10.2. The van der Waals surface area contributed by atoms with Crippen molar-refractivity contribution in [2.24, 2.45) is 0 Å². The SMILES string of the molecule is c1ccc(-c2cc3c4c(c2)oc2ccc5ccc6c(c7c-3cccc7n6-c3nc(-c6ccccc6)nc(-c6ccc7ccccc7c6)n3)c5c24)cc1. The zero-order valence-corrected chi connectivity index (χ0v) is 27.7. The van der Waals surface area contributed by atoms with Crippen LogP contribution in [-0.2, 0) is 0 Å². The molecule has 0 saturated heterocycles. The van der Waals surface area contributed by atoms with Gasteiger partial charge in [0.15, 0.2) is 11.6 Å². The molecule has 1 aliphatic carbocycles. The number of benzene rings is 8. The third-order valence-electron chi connectivity index (χ3n) is 10.7. The molecule has 0 unspecified atom stereocenters. The lowest BCUT2D eigenvalue weighted by atomic mass is 9.94. The lowest BCUT2D eigenvalue weighted by Crippen LogP contribution is -2.06. The van der Waals surface area contributed by atoms with Gasteiger partial charge in [0, 0.05) is 38.1 Å². The molecule has 0 saturated carbocycles. The molecule has 0 amide bonds. The number of furan rings is 1. The quantitative estimate of drug-likeness (QED) is 0.188. The summed E-state index contributed by atoms with van der Waals surface area (Å²) in [5, 5.41) is 9.37. The molecule has 8 aromatic carbocycles. The van der Waals surface area contributed by atoms with Gasteiger partial charge in [-0.1, -0.05) is 121 Å². The van der Waals surface area contributed by atoms with Crippen molar-refractivity contribution >= 4 is 65.3 Å². The summed E-state index contributed by atoms with van der Waals surface area (Å²) < 4.78 is 8.92. The first kappa shape index (κ1) is 27.7. The molecule has 0 bridgehead atoms. The Kier molecular flexibility index (Phi) is 5.44. The first-order chi connectivity index (χ1) is 25.8. The molecule has 5 nitrogen and oxygen atoms in total. The normalized spacial score (nSPS) is 12.2. The van der Waals surface area contributed by atoms with E-state index in [-0.39, 0.29) is 0 Å². The molecular formula is C47H26N4O. The Hall–Kier alpha value is -7.11. The Balaban J connectivity index is 1.21. The number of hydrogen-bond donors (Lipinski definition) is 0. The Morgan fingerprint density at radius 2 is 1.08 bits per heavy atom. The van der Waals surface area contributed by atoms with E-state index >= 15 is 0 Å². The van der Waals surface area contributed by atoms with Gasteiger partial charge in [-0.05, 0) is 74.8 Å². The van der Waals surface area contributed by atoms with E-state index in [0.717, 1.165) is 60.6 Å². The maximum absolute atomic E-state index is 6.69. The van der Waals surface area contributed by atoms with Gasteiger partial charge < -0.3 is 4.42 Å². The molecule has 0 atom stereocenters. The predicted octanol–water partition coefficient (Wildman–Crippen LogP) is 12.2. The number of hydrogen-bond acceptors (Lipinski definition) is 4. The number of aromatic nitrogens is 4. The van der Waals surface area contributed by atoms with E-state index in [0.29, 0.717) is 17.6 Å². The van der Waals surface area contributed by atoms with E-state index in [1.54, 1.807) is 0 Å². The van der Waals surface area contributed by atoms with Crippen molar-refractivity contribution in [2.75, 3.05) is 0 Å². The summed E-state index contributed by atoms with van der Waals surface area (Å²) in [4.78, 5) is 15.6. The van der Waals surface area contributed by atoms with Gasteiger partial charge in [0.05, 0.1) is 11.0 Å². The molecule has 240 valence electrons. The standard InChI is InChI=1S/C47H26N4O/c1-3-10-27(11-4-1)33-25-35-34-16-9-17-36-41(34)43-37(22-20-29-21-23-38-44(40(29)43)42(35)39(26-33)52-38)51(36)47-49-45(30-13-5-2-6-14-30)48-46(50-47)32-19-18-28-12-7-8-15-31(28)24-32/h1-26H. The summed E-state index contributed by atoms with van der Waals surface area (Å²) >= 11 is 0. The van der Waals surface area contributed by atoms with Gasteiger partial charge in [-0.2, -0.15) is 9.97 Å². The van der Waals surface area contributed by atoms with E-state index in [1.165, 1.54) is 38.1 Å². The molecule has 0 N–H and O–H groups in total. The van der Waals surface area contributed by atoms with E-state index < -0.39 is 0 Å². The molecular weight excluding hydrogens is 637 g/mol. The van der Waals surface area contributed by atoms with Crippen molar-refractivity contribution in [1.29, 1.82) is 0 Å². The third-order valence-corrected chi connectivity index (χ3v) is 10.7. The fourth-order valence-electron chi connectivity index (χ4n) is 8.44. The highest BCUT2D eigenvalue weighted by Crippen LogP contribution is 2.51. The lowest BCUT2D eigenvalue weighted by Gasteiger charge is -2.12. The average Bonchev–Trinajstić information content (AvgIpc) is 3.72. The van der Waals surface area contributed by atoms with Gasteiger partial charge in [0.25, 0.3) is 0 Å². The lowest BCUT2D eigenvalue weighted by molar-refractivity contribution is 0.669. The monoisotopic (exact) mass is 662 g/mol. The van der Waals surface area contributed by atoms with E-state index in [2.05, 4.69) is 144 Å². The van der Waals surface area contributed by atoms with Crippen molar-refractivity contribution in [1.82, 2.24) is 19.5 Å². The van der Waals surface area contributed by atoms with Gasteiger partial charge in [-0.3, -0.25) is 4.57 Å². The molecule has 11 aromatic rings. The summed E-state index contributed by atoms with van der Waals surface area (Å²) in [7, 11) is 0. The fraction of sp³-hybridized carbons (Fsp3) is 0. The second-order valence-electron chi connectivity index (χ2n) is 13.6. The highest BCUT2D eigenvalue weighted by atomic mass is 16.3. The minimum absolute atomic E-state index is 0.580. The van der Waals surface area contributed by atoms with Crippen LogP contribution in [0, 0.1) is 0 Å². The second-order valence-corrected chi connectivity index (χ2v) is 13.6. The summed E-state index contributed by atoms with van der Waals surface area (Å²) in [6.45, 7) is 0. The maximum atomic E-state index is 6.69. The Labute approximate surface area is 297 Å². The minimum atomic E-state index is 0.580. The van der Waals surface area contributed by atoms with Crippen molar-refractivity contribution in [2.45, 2.75) is 0 Å². The maximum Gasteiger partial charge on any atom is 0.238 e. The molecule has 3 heterocycles. The van der Waals surface area contributed by atoms with Crippen molar-refractivity contribution in [3.8, 4) is 51.0 Å². The molecule has 0 spiro atoms. The van der Waals surface area contributed by atoms with Crippen LogP contribution in [0.5, 0.6) is 0 Å². The first-order valence-corrected chi connectivity index (χ1v) is 17.5. The summed E-state index contributed by atoms with van der Waals surface area (Å²) in [5.41, 5.74) is 10.4. The van der Waals surface area contributed by atoms with Gasteiger partial charge in [0.2, 0.25) is 5.95 Å². The molecule has 0 fully saturated rings. The third kappa shape index (κ3) is 3.79. The molecule has 52 heavy (non-hydrogen) atoms. The molecule has 12 rings (SSSR count). The van der Waals surface area contributed by atoms with Crippen LogP contribution in [0.1, 0.15) is 0 Å². The molecule has 3 aromatic heterocycles. The molecule has 0 radical (unpaired) electrons. The molecule has 0 aliphatic heterocycles. The van der Waals surface area contributed by atoms with Crippen LogP contribution in [0.3, 0.4) is 0 Å². The Bertz CT molecular complexity index is 3290. The van der Waals surface area contributed by atoms with Gasteiger partial charge in [0.1, 0.15) is 11.2 Å². The summed E-state index contributed by atoms with van der Waals surface area (Å²) in [5.74, 6) is 1.84. The minimum Gasteiger partial charge on any atom is -0.456 e. The van der Waals surface area contributed by atoms with Crippen LogP contribution in [0.2, 0.25) is 0 Å². The first-order valence-electron chi connectivity index (χ1n) is 17.5. The fourth-order valence-corrected chi connectivity index (χ4v) is 8.44. The smallest absolute Gasteiger partial charge is 0.238 e. The summed E-state index contributed by atoms with van der Waals surface area (Å²) in [6, 6.07) is 55.4. The zero-order chi connectivity index (χ0) is 33.9. The van der Waals surface area contributed by atoms with E-state index in [1.807, 2.05) is 18.2 Å².